The Morgan fingerprint density at radius 2 is 1.40 bits per heavy atom. The van der Waals surface area contributed by atoms with Gasteiger partial charge in [0.05, 0.1) is 0 Å². The van der Waals surface area contributed by atoms with Crippen molar-refractivity contribution in [3.05, 3.63) is 0 Å². The Hall–Kier alpha value is -0.110. The Morgan fingerprint density at radius 3 is 1.70 bits per heavy atom. The molecule has 0 aromatic rings. The molecule has 0 aromatic carbocycles. The second kappa shape index (κ2) is 11.7. The van der Waals surface area contributed by atoms with Gasteiger partial charge in [-0.2, -0.15) is 0 Å². The SMILES string of the molecule is CCCCOCCCC.[F-].[H+]. The lowest BCUT2D eigenvalue weighted by atomic mass is 10.3. The number of rotatable bonds is 6. The van der Waals surface area contributed by atoms with E-state index in [1.54, 1.807) is 0 Å². The molecule has 0 aliphatic carbocycles. The topological polar surface area (TPSA) is 9.23 Å². The quantitative estimate of drug-likeness (QED) is 0.473. The van der Waals surface area contributed by atoms with Crippen molar-refractivity contribution >= 4 is 0 Å². The van der Waals surface area contributed by atoms with E-state index in [0.29, 0.717) is 0 Å². The molecule has 0 atom stereocenters. The first-order chi connectivity index (χ1) is 4.41. The zero-order chi connectivity index (χ0) is 6.95. The molecular weight excluding hydrogens is 131 g/mol. The van der Waals surface area contributed by atoms with Crippen molar-refractivity contribution in [2.75, 3.05) is 13.2 Å². The van der Waals surface area contributed by atoms with E-state index in [0.717, 1.165) is 13.2 Å². The molecule has 1 nitrogen and oxygen atoms in total. The van der Waals surface area contributed by atoms with Gasteiger partial charge in [0.15, 0.2) is 0 Å². The first-order valence-corrected chi connectivity index (χ1v) is 3.99. The Bertz CT molecular complexity index is 47.4. The van der Waals surface area contributed by atoms with E-state index in [9.17, 15) is 0 Å². The minimum absolute atomic E-state index is 0. The molecule has 2 heteroatoms. The van der Waals surface area contributed by atoms with Gasteiger partial charge in [0.1, 0.15) is 0 Å². The summed E-state index contributed by atoms with van der Waals surface area (Å²) in [6.07, 6.45) is 4.91. The molecule has 0 radical (unpaired) electrons. The summed E-state index contributed by atoms with van der Waals surface area (Å²) in [6, 6.07) is 0. The van der Waals surface area contributed by atoms with Gasteiger partial charge in [-0.15, -0.1) is 0 Å². The van der Waals surface area contributed by atoms with Gasteiger partial charge in [-0.3, -0.25) is 0 Å². The standard InChI is InChI=1S/C8H18O.FH/c1-3-5-7-9-8-6-4-2;/h3-8H2,1-2H3;1H. The second-order valence-corrected chi connectivity index (χ2v) is 2.32. The molecule has 10 heavy (non-hydrogen) atoms. The van der Waals surface area contributed by atoms with Gasteiger partial charge in [-0.05, 0) is 12.8 Å². The summed E-state index contributed by atoms with van der Waals surface area (Å²) in [6.45, 7) is 6.28. The molecule has 0 aliphatic rings. The Kier molecular flexibility index (Phi) is 14.6. The molecule has 0 amide bonds. The number of unbranched alkanes of at least 4 members (excludes halogenated alkanes) is 2. The van der Waals surface area contributed by atoms with Gasteiger partial charge in [-0.25, -0.2) is 0 Å². The molecule has 0 aromatic heterocycles. The average Bonchev–Trinajstić information content (AvgIpc) is 1.89. The molecule has 0 bridgehead atoms. The van der Waals surface area contributed by atoms with E-state index < -0.39 is 0 Å². The molecule has 0 unspecified atom stereocenters. The summed E-state index contributed by atoms with van der Waals surface area (Å²) in [4.78, 5) is 0. The molecule has 0 heterocycles. The highest BCUT2D eigenvalue weighted by Crippen LogP contribution is 1.91. The van der Waals surface area contributed by atoms with Crippen LogP contribution in [0.25, 0.3) is 0 Å². The van der Waals surface area contributed by atoms with Crippen molar-refractivity contribution in [2.45, 2.75) is 39.5 Å². The van der Waals surface area contributed by atoms with Crippen LogP contribution in [0.3, 0.4) is 0 Å². The number of ether oxygens (including phenoxy) is 1. The van der Waals surface area contributed by atoms with Crippen molar-refractivity contribution in [1.82, 2.24) is 0 Å². The van der Waals surface area contributed by atoms with E-state index in [-0.39, 0.29) is 6.13 Å². The number of halogens is 1. The van der Waals surface area contributed by atoms with E-state index in [1.807, 2.05) is 0 Å². The average molecular weight is 150 g/mol. The monoisotopic (exact) mass is 150 g/mol. The lowest BCUT2D eigenvalue weighted by Gasteiger charge is -1.99. The molecule has 0 saturated heterocycles. The molecule has 0 aliphatic heterocycles. The maximum atomic E-state index is 5.31. The van der Waals surface area contributed by atoms with E-state index in [2.05, 4.69) is 13.8 Å². The van der Waals surface area contributed by atoms with Crippen LogP contribution in [-0.4, -0.2) is 13.2 Å². The Morgan fingerprint density at radius 1 is 1.00 bits per heavy atom. The van der Waals surface area contributed by atoms with Crippen LogP contribution < -0.4 is 4.70 Å². The minimum Gasteiger partial charge on any atom is -1.00 e. The second-order valence-electron chi connectivity index (χ2n) is 2.32. The molecule has 64 valence electrons. The lowest BCUT2D eigenvalue weighted by molar-refractivity contribution is -0.00000292. The van der Waals surface area contributed by atoms with Gasteiger partial charge in [-0.1, -0.05) is 26.7 Å². The highest BCUT2D eigenvalue weighted by molar-refractivity contribution is 4.33. The summed E-state index contributed by atoms with van der Waals surface area (Å²) in [5.41, 5.74) is 0. The predicted octanol–water partition coefficient (Wildman–Crippen LogP) is -0.280. The molecule has 0 fully saturated rings. The zero-order valence-corrected chi connectivity index (χ0v) is 7.03. The van der Waals surface area contributed by atoms with Gasteiger partial charge in [0.2, 0.25) is 0 Å². The van der Waals surface area contributed by atoms with E-state index in [4.69, 9.17) is 4.74 Å². The third-order valence-corrected chi connectivity index (χ3v) is 1.28. The van der Waals surface area contributed by atoms with Gasteiger partial charge < -0.3 is 9.44 Å². The molecular formula is C8H19FO. The van der Waals surface area contributed by atoms with Crippen LogP contribution in [-0.2, 0) is 4.74 Å². The van der Waals surface area contributed by atoms with Crippen molar-refractivity contribution in [1.29, 1.82) is 0 Å². The summed E-state index contributed by atoms with van der Waals surface area (Å²) in [5, 5.41) is 0. The fourth-order valence-corrected chi connectivity index (χ4v) is 0.595. The molecule has 0 saturated carbocycles. The first kappa shape index (κ1) is 12.6. The molecule has 0 spiro atoms. The summed E-state index contributed by atoms with van der Waals surface area (Å²) < 4.78 is 5.31. The molecule has 0 rings (SSSR count). The van der Waals surface area contributed by atoms with Gasteiger partial charge in [0.25, 0.3) is 0 Å². The van der Waals surface area contributed by atoms with Crippen LogP contribution >= 0.6 is 0 Å². The number of hydrogen-bond acceptors (Lipinski definition) is 1. The van der Waals surface area contributed by atoms with Crippen LogP contribution in [0.15, 0.2) is 0 Å². The fraction of sp³-hybridized carbons (Fsp3) is 1.00. The van der Waals surface area contributed by atoms with Crippen LogP contribution in [0.1, 0.15) is 41.0 Å². The Balaban J connectivity index is -0.000000320. The summed E-state index contributed by atoms with van der Waals surface area (Å²) >= 11 is 0. The van der Waals surface area contributed by atoms with Crippen molar-refractivity contribution in [3.8, 4) is 0 Å². The highest BCUT2D eigenvalue weighted by atomic mass is 19.0. The van der Waals surface area contributed by atoms with E-state index in [1.165, 1.54) is 25.7 Å². The van der Waals surface area contributed by atoms with Crippen LogP contribution in [0, 0.1) is 0 Å². The van der Waals surface area contributed by atoms with Crippen molar-refractivity contribution in [3.63, 3.8) is 0 Å². The maximum Gasteiger partial charge on any atom is 1.00 e. The largest absolute Gasteiger partial charge is 1.00 e. The third-order valence-electron chi connectivity index (χ3n) is 1.28. The van der Waals surface area contributed by atoms with Crippen molar-refractivity contribution in [2.24, 2.45) is 0 Å². The normalized spacial score (nSPS) is 9.00. The molecule has 0 N–H and O–H groups in total. The first-order valence-electron chi connectivity index (χ1n) is 3.99. The summed E-state index contributed by atoms with van der Waals surface area (Å²) in [7, 11) is 0. The van der Waals surface area contributed by atoms with E-state index >= 15 is 0 Å². The highest BCUT2D eigenvalue weighted by Gasteiger charge is 1.84. The van der Waals surface area contributed by atoms with Gasteiger partial charge in [0, 0.05) is 13.2 Å². The zero-order valence-electron chi connectivity index (χ0n) is 8.03. The van der Waals surface area contributed by atoms with Crippen LogP contribution in [0.4, 0.5) is 0 Å². The smallest absolute Gasteiger partial charge is 1.00 e. The number of hydrogen-bond donors (Lipinski definition) is 0. The van der Waals surface area contributed by atoms with Crippen molar-refractivity contribution < 1.29 is 10.9 Å². The lowest BCUT2D eigenvalue weighted by Crippen LogP contribution is -3.00. The predicted molar refractivity (Wildman–Crippen MR) is 41.7 cm³/mol. The van der Waals surface area contributed by atoms with Crippen LogP contribution in [0.2, 0.25) is 0 Å². The third kappa shape index (κ3) is 10.8. The minimum atomic E-state index is 0. The Labute approximate surface area is 64.6 Å². The maximum absolute atomic E-state index is 5.31. The summed E-state index contributed by atoms with van der Waals surface area (Å²) in [5.74, 6) is 0. The van der Waals surface area contributed by atoms with Crippen LogP contribution in [0.5, 0.6) is 0 Å². The van der Waals surface area contributed by atoms with Gasteiger partial charge >= 0.3 is 1.43 Å². The fourth-order valence-electron chi connectivity index (χ4n) is 0.595.